The second-order valence-electron chi connectivity index (χ2n) is 5.65. The summed E-state index contributed by atoms with van der Waals surface area (Å²) in [6.45, 7) is 6.38. The largest absolute Gasteiger partial charge is 0.345 e. The molecule has 0 aliphatic heterocycles. The van der Waals surface area contributed by atoms with Gasteiger partial charge in [-0.15, -0.1) is 0 Å². The zero-order valence-corrected chi connectivity index (χ0v) is 12.1. The molecule has 1 atom stereocenters. The summed E-state index contributed by atoms with van der Waals surface area (Å²) in [4.78, 5) is 24.1. The molecule has 0 aromatic carbocycles. The SMILES string of the molecule is CC(C)CC(C)(CN)NC(=O)c1cccn(C)c1=O. The van der Waals surface area contributed by atoms with E-state index in [9.17, 15) is 9.59 Å². The van der Waals surface area contributed by atoms with Crippen LogP contribution in [0.25, 0.3) is 0 Å². The van der Waals surface area contributed by atoms with E-state index in [1.54, 1.807) is 19.3 Å². The van der Waals surface area contributed by atoms with E-state index in [-0.39, 0.29) is 17.0 Å². The molecule has 3 N–H and O–H groups in total. The molecule has 0 bridgehead atoms. The van der Waals surface area contributed by atoms with Crippen LogP contribution >= 0.6 is 0 Å². The number of carbonyl (C=O) groups is 1. The zero-order chi connectivity index (χ0) is 14.6. The number of rotatable bonds is 5. The van der Waals surface area contributed by atoms with Crippen molar-refractivity contribution in [1.29, 1.82) is 0 Å². The van der Waals surface area contributed by atoms with Gasteiger partial charge in [-0.2, -0.15) is 0 Å². The van der Waals surface area contributed by atoms with Crippen LogP contribution in [0.4, 0.5) is 0 Å². The summed E-state index contributed by atoms with van der Waals surface area (Å²) in [7, 11) is 1.62. The fraction of sp³-hybridized carbons (Fsp3) is 0.571. The third kappa shape index (κ3) is 3.92. The Hall–Kier alpha value is -1.62. The first-order valence-electron chi connectivity index (χ1n) is 6.47. The molecule has 19 heavy (non-hydrogen) atoms. The summed E-state index contributed by atoms with van der Waals surface area (Å²) < 4.78 is 1.39. The minimum atomic E-state index is -0.494. The molecule has 106 valence electrons. The lowest BCUT2D eigenvalue weighted by Crippen LogP contribution is -2.53. The summed E-state index contributed by atoms with van der Waals surface area (Å²) in [5.74, 6) is 0.0438. The maximum atomic E-state index is 12.2. The molecule has 1 unspecified atom stereocenters. The van der Waals surface area contributed by atoms with Crippen LogP contribution in [0.3, 0.4) is 0 Å². The summed E-state index contributed by atoms with van der Waals surface area (Å²) in [5.41, 5.74) is 5.10. The molecule has 1 aromatic rings. The van der Waals surface area contributed by atoms with Crippen LogP contribution in [0.15, 0.2) is 23.1 Å². The first kappa shape index (κ1) is 15.4. The predicted octanol–water partition coefficient (Wildman–Crippen LogP) is 0.879. The number of pyridine rings is 1. The Morgan fingerprint density at radius 2 is 2.16 bits per heavy atom. The van der Waals surface area contributed by atoms with Crippen molar-refractivity contribution in [1.82, 2.24) is 9.88 Å². The van der Waals surface area contributed by atoms with Crippen molar-refractivity contribution in [3.63, 3.8) is 0 Å². The highest BCUT2D eigenvalue weighted by atomic mass is 16.2. The molecule has 0 spiro atoms. The Balaban J connectivity index is 2.95. The normalized spacial score (nSPS) is 14.2. The van der Waals surface area contributed by atoms with Crippen molar-refractivity contribution in [3.05, 3.63) is 34.2 Å². The van der Waals surface area contributed by atoms with Gasteiger partial charge in [0.15, 0.2) is 0 Å². The van der Waals surface area contributed by atoms with Gasteiger partial charge in [0.05, 0.1) is 0 Å². The number of hydrogen-bond acceptors (Lipinski definition) is 3. The summed E-state index contributed by atoms with van der Waals surface area (Å²) in [5, 5.41) is 2.88. The van der Waals surface area contributed by atoms with Crippen molar-refractivity contribution in [2.45, 2.75) is 32.7 Å². The van der Waals surface area contributed by atoms with Gasteiger partial charge in [0.2, 0.25) is 0 Å². The highest BCUT2D eigenvalue weighted by Gasteiger charge is 2.27. The molecule has 0 saturated carbocycles. The number of nitrogens with zero attached hydrogens (tertiary/aromatic N) is 1. The molecule has 1 rings (SSSR count). The fourth-order valence-corrected chi connectivity index (χ4v) is 2.20. The maximum Gasteiger partial charge on any atom is 0.263 e. The Bertz CT molecular complexity index is 508. The van der Waals surface area contributed by atoms with Gasteiger partial charge in [-0.05, 0) is 31.4 Å². The quantitative estimate of drug-likeness (QED) is 0.829. The number of aryl methyl sites for hydroxylation is 1. The molecule has 1 heterocycles. The van der Waals surface area contributed by atoms with Crippen molar-refractivity contribution in [2.24, 2.45) is 18.7 Å². The Morgan fingerprint density at radius 3 is 2.68 bits per heavy atom. The van der Waals surface area contributed by atoms with Gasteiger partial charge in [0.25, 0.3) is 11.5 Å². The fourth-order valence-electron chi connectivity index (χ4n) is 2.20. The summed E-state index contributed by atoms with van der Waals surface area (Å²) in [6, 6.07) is 3.21. The van der Waals surface area contributed by atoms with E-state index in [2.05, 4.69) is 19.2 Å². The van der Waals surface area contributed by atoms with Crippen molar-refractivity contribution >= 4 is 5.91 Å². The van der Waals surface area contributed by atoms with Gasteiger partial charge in [-0.25, -0.2) is 0 Å². The second-order valence-corrected chi connectivity index (χ2v) is 5.65. The van der Waals surface area contributed by atoms with Crippen LogP contribution in [0.1, 0.15) is 37.6 Å². The van der Waals surface area contributed by atoms with Crippen LogP contribution in [0.5, 0.6) is 0 Å². The van der Waals surface area contributed by atoms with Crippen LogP contribution in [-0.4, -0.2) is 22.6 Å². The zero-order valence-electron chi connectivity index (χ0n) is 12.1. The first-order chi connectivity index (χ1) is 8.79. The van der Waals surface area contributed by atoms with E-state index < -0.39 is 5.54 Å². The molecule has 5 nitrogen and oxygen atoms in total. The molecule has 0 aliphatic rings. The lowest BCUT2D eigenvalue weighted by molar-refractivity contribution is 0.0896. The number of amides is 1. The molecule has 1 aromatic heterocycles. The Labute approximate surface area is 113 Å². The Kier molecular flexibility index (Phi) is 4.89. The average Bonchev–Trinajstić information content (AvgIpc) is 2.31. The van der Waals surface area contributed by atoms with Crippen LogP contribution in [0.2, 0.25) is 0 Å². The Morgan fingerprint density at radius 1 is 1.53 bits per heavy atom. The number of hydrogen-bond donors (Lipinski definition) is 2. The molecule has 0 aliphatic carbocycles. The number of carbonyl (C=O) groups excluding carboxylic acids is 1. The molecule has 0 radical (unpaired) electrons. The van der Waals surface area contributed by atoms with E-state index in [1.165, 1.54) is 10.6 Å². The first-order valence-corrected chi connectivity index (χ1v) is 6.47. The number of nitrogens with two attached hydrogens (primary N) is 1. The van der Waals surface area contributed by atoms with E-state index in [4.69, 9.17) is 5.73 Å². The molecule has 0 fully saturated rings. The van der Waals surface area contributed by atoms with Crippen LogP contribution in [0, 0.1) is 5.92 Å². The summed E-state index contributed by atoms with van der Waals surface area (Å²) >= 11 is 0. The van der Waals surface area contributed by atoms with Gasteiger partial charge in [-0.1, -0.05) is 13.8 Å². The van der Waals surface area contributed by atoms with Crippen LogP contribution in [-0.2, 0) is 7.05 Å². The minimum absolute atomic E-state index is 0.147. The van der Waals surface area contributed by atoms with Gasteiger partial charge >= 0.3 is 0 Å². The smallest absolute Gasteiger partial charge is 0.263 e. The second kappa shape index (κ2) is 6.02. The third-order valence-corrected chi connectivity index (χ3v) is 3.09. The van der Waals surface area contributed by atoms with Gasteiger partial charge in [0.1, 0.15) is 5.56 Å². The molecule has 5 heteroatoms. The van der Waals surface area contributed by atoms with Gasteiger partial charge < -0.3 is 15.6 Å². The molecule has 1 amide bonds. The lowest BCUT2D eigenvalue weighted by Gasteiger charge is -2.31. The molecule has 0 saturated heterocycles. The number of aromatic nitrogens is 1. The van der Waals surface area contributed by atoms with Crippen molar-refractivity contribution < 1.29 is 4.79 Å². The number of nitrogens with one attached hydrogen (secondary N) is 1. The third-order valence-electron chi connectivity index (χ3n) is 3.09. The summed E-state index contributed by atoms with van der Waals surface area (Å²) in [6.07, 6.45) is 2.39. The van der Waals surface area contributed by atoms with Gasteiger partial charge in [0, 0.05) is 25.3 Å². The van der Waals surface area contributed by atoms with E-state index >= 15 is 0 Å². The highest BCUT2D eigenvalue weighted by molar-refractivity contribution is 5.94. The molecular weight excluding hydrogens is 242 g/mol. The predicted molar refractivity (Wildman–Crippen MR) is 76.1 cm³/mol. The van der Waals surface area contributed by atoms with E-state index in [0.717, 1.165) is 6.42 Å². The van der Waals surface area contributed by atoms with Crippen molar-refractivity contribution in [3.8, 4) is 0 Å². The monoisotopic (exact) mass is 265 g/mol. The minimum Gasteiger partial charge on any atom is -0.345 e. The topological polar surface area (TPSA) is 77.1 Å². The van der Waals surface area contributed by atoms with E-state index in [0.29, 0.717) is 12.5 Å². The highest BCUT2D eigenvalue weighted by Crippen LogP contribution is 2.15. The lowest BCUT2D eigenvalue weighted by atomic mass is 9.90. The standard InChI is InChI=1S/C14H23N3O2/c1-10(2)8-14(3,9-15)16-12(18)11-6-5-7-17(4)13(11)19/h5-7,10H,8-9,15H2,1-4H3,(H,16,18). The average molecular weight is 265 g/mol. The molecular formula is C14H23N3O2. The van der Waals surface area contributed by atoms with Crippen molar-refractivity contribution in [2.75, 3.05) is 6.54 Å². The van der Waals surface area contributed by atoms with Crippen LogP contribution < -0.4 is 16.6 Å². The van der Waals surface area contributed by atoms with Gasteiger partial charge in [-0.3, -0.25) is 9.59 Å². The van der Waals surface area contributed by atoms with E-state index in [1.807, 2.05) is 6.92 Å². The maximum absolute atomic E-state index is 12.2.